The highest BCUT2D eigenvalue weighted by Gasteiger charge is 2.55. The van der Waals surface area contributed by atoms with Crippen molar-refractivity contribution in [3.8, 4) is 0 Å². The average Bonchev–Trinajstić information content (AvgIpc) is 3.34. The first-order valence-electron chi connectivity index (χ1n) is 23.1. The van der Waals surface area contributed by atoms with Crippen molar-refractivity contribution in [1.29, 1.82) is 0 Å². The molecule has 0 aromatic heterocycles. The fourth-order valence-corrected chi connectivity index (χ4v) is 9.60. The normalized spacial score (nSPS) is 28.1. The molecular formula is C54H66O11Si. The van der Waals surface area contributed by atoms with E-state index >= 15 is 0 Å². The molecule has 3 aliphatic rings. The number of hydrogen-bond acceptors (Lipinski definition) is 11. The molecule has 0 N–H and O–H groups in total. The second-order valence-electron chi connectivity index (χ2n) is 18.7. The van der Waals surface area contributed by atoms with Crippen molar-refractivity contribution in [3.63, 3.8) is 0 Å². The van der Waals surface area contributed by atoms with Crippen molar-refractivity contribution in [3.05, 3.63) is 179 Å². The monoisotopic (exact) mass is 918 g/mol. The fraction of sp³-hybridized carbons (Fsp3) is 0.444. The molecule has 0 saturated carbocycles. The van der Waals surface area contributed by atoms with Crippen LogP contribution in [0.25, 0.3) is 0 Å². The lowest BCUT2D eigenvalue weighted by Gasteiger charge is -2.52. The zero-order valence-electron chi connectivity index (χ0n) is 39.0. The SMILES string of the molecule is CO[C@H]1O[C@H](CO[C@@H]2O[C@@H]3CO[C@@H](c4ccccc4)O[C@H]3[C@H](OCc3ccccc3)[C@@H]2O[Si](C)(C)C(C)(C)C)[C@@H](OCc2ccccc2)[C@H](OCc2ccccc2)[C@@H]1OCc1ccccc1. The third-order valence-corrected chi connectivity index (χ3v) is 17.5. The average molecular weight is 919 g/mol. The summed E-state index contributed by atoms with van der Waals surface area (Å²) in [5, 5.41) is -0.145. The molecule has 12 heteroatoms. The van der Waals surface area contributed by atoms with Gasteiger partial charge in [-0.2, -0.15) is 0 Å². The third-order valence-electron chi connectivity index (χ3n) is 13.0. The van der Waals surface area contributed by atoms with E-state index in [1.807, 2.05) is 140 Å². The predicted octanol–water partition coefficient (Wildman–Crippen LogP) is 9.95. The molecule has 66 heavy (non-hydrogen) atoms. The zero-order valence-corrected chi connectivity index (χ0v) is 40.0. The van der Waals surface area contributed by atoms with Gasteiger partial charge in [-0.1, -0.05) is 172 Å². The minimum absolute atomic E-state index is 0.0368. The van der Waals surface area contributed by atoms with E-state index in [9.17, 15) is 0 Å². The fourth-order valence-electron chi connectivity index (χ4n) is 8.32. The van der Waals surface area contributed by atoms with Crippen molar-refractivity contribution < 1.29 is 51.8 Å². The lowest BCUT2D eigenvalue weighted by molar-refractivity contribution is -0.373. The van der Waals surface area contributed by atoms with E-state index < -0.39 is 76.0 Å². The maximum absolute atomic E-state index is 7.36. The Kier molecular flexibility index (Phi) is 16.7. The highest BCUT2D eigenvalue weighted by Crippen LogP contribution is 2.43. The number of rotatable bonds is 19. The molecular weight excluding hydrogens is 853 g/mol. The van der Waals surface area contributed by atoms with Crippen molar-refractivity contribution in [2.24, 2.45) is 0 Å². The second kappa shape index (κ2) is 22.8. The summed E-state index contributed by atoms with van der Waals surface area (Å²) in [5.74, 6) is 0. The van der Waals surface area contributed by atoms with Crippen molar-refractivity contribution in [1.82, 2.24) is 0 Å². The summed E-state index contributed by atoms with van der Waals surface area (Å²) in [6.45, 7) is 12.7. The van der Waals surface area contributed by atoms with Crippen LogP contribution in [-0.2, 0) is 78.2 Å². The summed E-state index contributed by atoms with van der Waals surface area (Å²) in [5.41, 5.74) is 4.97. The van der Waals surface area contributed by atoms with Gasteiger partial charge in [0.2, 0.25) is 0 Å². The van der Waals surface area contributed by atoms with Gasteiger partial charge in [0.1, 0.15) is 48.8 Å². The zero-order chi connectivity index (χ0) is 45.9. The van der Waals surface area contributed by atoms with Crippen LogP contribution in [0.1, 0.15) is 54.9 Å². The van der Waals surface area contributed by atoms with Gasteiger partial charge in [-0.25, -0.2) is 0 Å². The maximum atomic E-state index is 7.36. The molecule has 0 bridgehead atoms. The van der Waals surface area contributed by atoms with Gasteiger partial charge < -0.3 is 51.8 Å². The molecule has 3 fully saturated rings. The molecule has 0 unspecified atom stereocenters. The van der Waals surface area contributed by atoms with Gasteiger partial charge >= 0.3 is 0 Å². The minimum atomic E-state index is -2.51. The van der Waals surface area contributed by atoms with E-state index in [-0.39, 0.29) is 18.3 Å². The molecule has 5 aromatic rings. The Morgan fingerprint density at radius 3 is 1.44 bits per heavy atom. The largest absolute Gasteiger partial charge is 0.406 e. The first kappa shape index (κ1) is 48.3. The topological polar surface area (TPSA) is 102 Å². The van der Waals surface area contributed by atoms with Crippen LogP contribution < -0.4 is 0 Å². The number of fused-ring (bicyclic) bond motifs is 1. The predicted molar refractivity (Wildman–Crippen MR) is 252 cm³/mol. The molecule has 0 aliphatic carbocycles. The van der Waals surface area contributed by atoms with Crippen molar-refractivity contribution in [2.75, 3.05) is 20.3 Å². The number of methoxy groups -OCH3 is 1. The summed E-state index contributed by atoms with van der Waals surface area (Å²) in [4.78, 5) is 0. The molecule has 5 aromatic carbocycles. The smallest absolute Gasteiger partial charge is 0.192 e. The molecule has 0 amide bonds. The van der Waals surface area contributed by atoms with Crippen molar-refractivity contribution in [2.45, 2.75) is 133 Å². The van der Waals surface area contributed by atoms with Gasteiger partial charge in [0.25, 0.3) is 0 Å². The third kappa shape index (κ3) is 12.3. The van der Waals surface area contributed by atoms with Gasteiger partial charge in [0.05, 0.1) is 39.6 Å². The standard InChI is InChI=1S/C54H66O11Si/c1-54(2,3)66(5,6)65-50-48(58-34-40-26-16-9-17-27-40)46-44(37-60-51(64-46)42-30-20-11-21-31-42)63-53(50)61-36-43-45(56-32-38-22-12-7-13-23-38)47(57-33-39-24-14-8-15-25-39)49(52(55-4)62-43)59-35-41-28-18-10-19-29-41/h7-31,43-53H,32-37H2,1-6H3/t43-,44-,45-,46-,47+,48+,49+,50+,51-,52+,53-/m1/s1. The Hall–Kier alpha value is -4.12. The van der Waals surface area contributed by atoms with Crippen LogP contribution in [-0.4, -0.2) is 90.1 Å². The van der Waals surface area contributed by atoms with Crippen LogP contribution in [0, 0.1) is 0 Å². The first-order valence-corrected chi connectivity index (χ1v) is 26.0. The maximum Gasteiger partial charge on any atom is 0.192 e. The summed E-state index contributed by atoms with van der Waals surface area (Å²) < 4.78 is 74.9. The van der Waals surface area contributed by atoms with Gasteiger partial charge in [0.15, 0.2) is 27.2 Å². The molecule has 0 spiro atoms. The second-order valence-corrected chi connectivity index (χ2v) is 23.5. The molecule has 3 saturated heterocycles. The Bertz CT molecular complexity index is 2160. The lowest BCUT2D eigenvalue weighted by Crippen LogP contribution is -2.66. The van der Waals surface area contributed by atoms with E-state index in [1.165, 1.54) is 0 Å². The molecule has 352 valence electrons. The highest BCUT2D eigenvalue weighted by atomic mass is 28.4. The van der Waals surface area contributed by atoms with Crippen LogP contribution in [0.5, 0.6) is 0 Å². The van der Waals surface area contributed by atoms with Crippen LogP contribution in [0.3, 0.4) is 0 Å². The Labute approximate surface area is 391 Å². The Morgan fingerprint density at radius 1 is 0.500 bits per heavy atom. The number of hydrogen-bond donors (Lipinski definition) is 0. The summed E-state index contributed by atoms with van der Waals surface area (Å²) >= 11 is 0. The Morgan fingerprint density at radius 2 is 0.955 bits per heavy atom. The van der Waals surface area contributed by atoms with Crippen LogP contribution >= 0.6 is 0 Å². The van der Waals surface area contributed by atoms with E-state index in [1.54, 1.807) is 7.11 Å². The van der Waals surface area contributed by atoms with E-state index in [0.29, 0.717) is 26.4 Å². The van der Waals surface area contributed by atoms with Crippen molar-refractivity contribution >= 4 is 8.32 Å². The van der Waals surface area contributed by atoms with Crippen LogP contribution in [0.15, 0.2) is 152 Å². The first-order chi connectivity index (χ1) is 32.1. The molecule has 11 atom stereocenters. The summed E-state index contributed by atoms with van der Waals surface area (Å²) in [6, 6.07) is 50.3. The highest BCUT2D eigenvalue weighted by molar-refractivity contribution is 6.74. The molecule has 8 rings (SSSR count). The molecule has 11 nitrogen and oxygen atoms in total. The van der Waals surface area contributed by atoms with Crippen LogP contribution in [0.4, 0.5) is 0 Å². The quantitative estimate of drug-likeness (QED) is 0.0741. The Balaban J connectivity index is 1.12. The van der Waals surface area contributed by atoms with E-state index in [2.05, 4.69) is 46.0 Å². The summed E-state index contributed by atoms with van der Waals surface area (Å²) in [7, 11) is -0.890. The van der Waals surface area contributed by atoms with E-state index in [0.717, 1.165) is 27.8 Å². The molecule has 3 aliphatic heterocycles. The lowest BCUT2D eigenvalue weighted by atomic mass is 9.96. The van der Waals surface area contributed by atoms with Crippen LogP contribution in [0.2, 0.25) is 18.1 Å². The van der Waals surface area contributed by atoms with Gasteiger partial charge in [0, 0.05) is 12.7 Å². The van der Waals surface area contributed by atoms with Gasteiger partial charge in [-0.05, 0) is 40.4 Å². The molecule has 3 heterocycles. The van der Waals surface area contributed by atoms with Gasteiger partial charge in [-0.15, -0.1) is 0 Å². The van der Waals surface area contributed by atoms with Gasteiger partial charge in [-0.3, -0.25) is 0 Å². The number of benzene rings is 5. The number of ether oxygens (including phenoxy) is 10. The van der Waals surface area contributed by atoms with E-state index in [4.69, 9.17) is 51.8 Å². The minimum Gasteiger partial charge on any atom is -0.406 e. The molecule has 0 radical (unpaired) electrons. The summed E-state index contributed by atoms with van der Waals surface area (Å²) in [6.07, 6.45) is -7.37.